The van der Waals surface area contributed by atoms with Crippen molar-refractivity contribution in [1.29, 1.82) is 0 Å². The number of benzene rings is 2. The van der Waals surface area contributed by atoms with E-state index in [1.165, 1.54) is 0 Å². The van der Waals surface area contributed by atoms with Gasteiger partial charge >= 0.3 is 0 Å². The largest absolute Gasteiger partial charge is 0.454 e. The Balaban J connectivity index is 1.57. The average Bonchev–Trinajstić information content (AvgIpc) is 3.44. The zero-order chi connectivity index (χ0) is 21.1. The second-order valence-electron chi connectivity index (χ2n) is 7.73. The molecule has 1 atom stereocenters. The van der Waals surface area contributed by atoms with Crippen molar-refractivity contribution in [2.75, 3.05) is 30.1 Å². The van der Waals surface area contributed by atoms with E-state index in [2.05, 4.69) is 15.5 Å². The molecule has 2 aliphatic heterocycles. The molecule has 2 aromatic carbocycles. The Bertz CT molecular complexity index is 953. The summed E-state index contributed by atoms with van der Waals surface area (Å²) < 4.78 is 10.6. The molecule has 1 fully saturated rings. The lowest BCUT2D eigenvalue weighted by Crippen LogP contribution is -2.33. The van der Waals surface area contributed by atoms with Crippen LogP contribution in [0.1, 0.15) is 53.8 Å². The molecule has 0 saturated carbocycles. The third-order valence-electron chi connectivity index (χ3n) is 5.57. The summed E-state index contributed by atoms with van der Waals surface area (Å²) in [6, 6.07) is 10.7. The van der Waals surface area contributed by atoms with Gasteiger partial charge in [0.05, 0.1) is 5.56 Å². The number of nitrogens with one attached hydrogen (secondary N) is 2. The molecule has 7 heteroatoms. The van der Waals surface area contributed by atoms with Gasteiger partial charge < -0.3 is 25.0 Å². The third-order valence-corrected chi connectivity index (χ3v) is 5.57. The van der Waals surface area contributed by atoms with Gasteiger partial charge in [0.25, 0.3) is 11.8 Å². The first kappa shape index (κ1) is 20.1. The molecule has 2 amide bonds. The van der Waals surface area contributed by atoms with Crippen LogP contribution in [0.25, 0.3) is 0 Å². The van der Waals surface area contributed by atoms with Gasteiger partial charge in [-0.15, -0.1) is 0 Å². The summed E-state index contributed by atoms with van der Waals surface area (Å²) >= 11 is 0. The minimum atomic E-state index is -0.268. The molecule has 0 spiro atoms. The first-order valence-corrected chi connectivity index (χ1v) is 10.5. The minimum Gasteiger partial charge on any atom is -0.454 e. The zero-order valence-electron chi connectivity index (χ0n) is 17.4. The maximum atomic E-state index is 12.9. The molecule has 1 unspecified atom stereocenters. The van der Waals surface area contributed by atoms with Crippen molar-refractivity contribution >= 4 is 23.2 Å². The highest BCUT2D eigenvalue weighted by Gasteiger charge is 2.22. The molecule has 0 bridgehead atoms. The zero-order valence-corrected chi connectivity index (χ0v) is 17.4. The first-order valence-electron chi connectivity index (χ1n) is 10.5. The van der Waals surface area contributed by atoms with Crippen LogP contribution >= 0.6 is 0 Å². The topological polar surface area (TPSA) is 79.9 Å². The van der Waals surface area contributed by atoms with E-state index in [4.69, 9.17) is 9.47 Å². The highest BCUT2D eigenvalue weighted by Crippen LogP contribution is 2.33. The van der Waals surface area contributed by atoms with Crippen LogP contribution in [0, 0.1) is 0 Å². The van der Waals surface area contributed by atoms with Gasteiger partial charge in [-0.1, -0.05) is 6.92 Å². The SMILES string of the molecule is CCC(C)NC(=O)c1cc(NC(=O)c2ccc3c(c2)OCO3)ccc1N1CCCC1. The molecule has 0 radical (unpaired) electrons. The number of fused-ring (bicyclic) bond motifs is 1. The summed E-state index contributed by atoms with van der Waals surface area (Å²) in [5.74, 6) is 0.798. The fourth-order valence-corrected chi connectivity index (χ4v) is 3.67. The van der Waals surface area contributed by atoms with E-state index in [1.807, 2.05) is 26.0 Å². The third kappa shape index (κ3) is 4.20. The van der Waals surface area contributed by atoms with Gasteiger partial charge in [0.1, 0.15) is 0 Å². The van der Waals surface area contributed by atoms with Gasteiger partial charge in [-0.25, -0.2) is 0 Å². The van der Waals surface area contributed by atoms with Crippen LogP contribution in [-0.4, -0.2) is 37.7 Å². The Morgan fingerprint density at radius 1 is 1.03 bits per heavy atom. The molecular weight excluding hydrogens is 382 g/mol. The standard InChI is InChI=1S/C23H27N3O4/c1-3-15(2)24-23(28)18-13-17(7-8-19(18)26-10-4-5-11-26)25-22(27)16-6-9-20-21(12-16)30-14-29-20/h6-9,12-13,15H,3-5,10-11,14H2,1-2H3,(H,24,28)(H,25,27). The molecule has 7 nitrogen and oxygen atoms in total. The first-order chi connectivity index (χ1) is 14.5. The van der Waals surface area contributed by atoms with Crippen LogP contribution in [0.5, 0.6) is 11.5 Å². The number of hydrogen-bond acceptors (Lipinski definition) is 5. The van der Waals surface area contributed by atoms with E-state index in [0.717, 1.165) is 38.0 Å². The lowest BCUT2D eigenvalue weighted by molar-refractivity contribution is 0.0938. The molecule has 2 aliphatic rings. The molecule has 1 saturated heterocycles. The number of amides is 2. The molecular formula is C23H27N3O4. The van der Waals surface area contributed by atoms with Crippen molar-refractivity contribution in [2.45, 2.75) is 39.2 Å². The van der Waals surface area contributed by atoms with E-state index in [0.29, 0.717) is 28.3 Å². The maximum absolute atomic E-state index is 12.9. The monoisotopic (exact) mass is 409 g/mol. The van der Waals surface area contributed by atoms with Gasteiger partial charge in [-0.05, 0) is 62.6 Å². The summed E-state index contributed by atoms with van der Waals surface area (Å²) in [4.78, 5) is 27.9. The average molecular weight is 409 g/mol. The normalized spacial score (nSPS) is 15.7. The van der Waals surface area contributed by atoms with Crippen molar-refractivity contribution in [1.82, 2.24) is 5.32 Å². The highest BCUT2D eigenvalue weighted by molar-refractivity contribution is 6.06. The van der Waals surface area contributed by atoms with Crippen LogP contribution in [0.3, 0.4) is 0 Å². The second-order valence-corrected chi connectivity index (χ2v) is 7.73. The van der Waals surface area contributed by atoms with E-state index in [1.54, 1.807) is 24.3 Å². The van der Waals surface area contributed by atoms with Gasteiger partial charge in [0, 0.05) is 36.1 Å². The maximum Gasteiger partial charge on any atom is 0.255 e. The number of rotatable bonds is 6. The van der Waals surface area contributed by atoms with Crippen molar-refractivity contribution in [2.24, 2.45) is 0 Å². The Morgan fingerprint density at radius 2 is 1.80 bits per heavy atom. The second kappa shape index (κ2) is 8.65. The number of nitrogens with zero attached hydrogens (tertiary/aromatic N) is 1. The molecule has 30 heavy (non-hydrogen) atoms. The van der Waals surface area contributed by atoms with Crippen LogP contribution in [0.4, 0.5) is 11.4 Å². The van der Waals surface area contributed by atoms with Gasteiger partial charge in [0.15, 0.2) is 11.5 Å². The number of carbonyl (C=O) groups is 2. The van der Waals surface area contributed by atoms with Gasteiger partial charge in [-0.3, -0.25) is 9.59 Å². The summed E-state index contributed by atoms with van der Waals surface area (Å²) in [6.45, 7) is 6.05. The van der Waals surface area contributed by atoms with E-state index < -0.39 is 0 Å². The lowest BCUT2D eigenvalue weighted by atomic mass is 10.1. The highest BCUT2D eigenvalue weighted by atomic mass is 16.7. The smallest absolute Gasteiger partial charge is 0.255 e. The molecule has 2 N–H and O–H groups in total. The lowest BCUT2D eigenvalue weighted by Gasteiger charge is -2.23. The Morgan fingerprint density at radius 3 is 2.57 bits per heavy atom. The summed E-state index contributed by atoms with van der Waals surface area (Å²) in [5, 5.41) is 5.94. The molecule has 2 aromatic rings. The molecule has 158 valence electrons. The quantitative estimate of drug-likeness (QED) is 0.759. The van der Waals surface area contributed by atoms with Crippen molar-refractivity contribution in [3.8, 4) is 11.5 Å². The van der Waals surface area contributed by atoms with Crippen LogP contribution in [0.15, 0.2) is 36.4 Å². The predicted octanol–water partition coefficient (Wildman–Crippen LogP) is 3.80. The van der Waals surface area contributed by atoms with Crippen LogP contribution in [-0.2, 0) is 0 Å². The summed E-state index contributed by atoms with van der Waals surface area (Å²) in [7, 11) is 0. The Labute approximate surface area is 176 Å². The van der Waals surface area contributed by atoms with Gasteiger partial charge in [0.2, 0.25) is 6.79 Å². The summed E-state index contributed by atoms with van der Waals surface area (Å²) in [5.41, 5.74) is 2.54. The fourth-order valence-electron chi connectivity index (χ4n) is 3.67. The van der Waals surface area contributed by atoms with E-state index >= 15 is 0 Å². The Kier molecular flexibility index (Phi) is 5.79. The summed E-state index contributed by atoms with van der Waals surface area (Å²) in [6.07, 6.45) is 3.09. The Hall–Kier alpha value is -3.22. The predicted molar refractivity (Wildman–Crippen MR) is 116 cm³/mol. The molecule has 4 rings (SSSR count). The number of ether oxygens (including phenoxy) is 2. The van der Waals surface area contributed by atoms with Gasteiger partial charge in [-0.2, -0.15) is 0 Å². The number of anilines is 2. The molecule has 2 heterocycles. The van der Waals surface area contributed by atoms with Crippen LogP contribution < -0.4 is 25.0 Å². The minimum absolute atomic E-state index is 0.0795. The van der Waals surface area contributed by atoms with Crippen molar-refractivity contribution < 1.29 is 19.1 Å². The number of carbonyl (C=O) groups excluding carboxylic acids is 2. The van der Waals surface area contributed by atoms with E-state index in [-0.39, 0.29) is 24.6 Å². The fraction of sp³-hybridized carbons (Fsp3) is 0.391. The number of hydrogen-bond donors (Lipinski definition) is 2. The molecule has 0 aliphatic carbocycles. The van der Waals surface area contributed by atoms with E-state index in [9.17, 15) is 9.59 Å². The van der Waals surface area contributed by atoms with Crippen LogP contribution in [0.2, 0.25) is 0 Å². The molecule has 0 aromatic heterocycles. The van der Waals surface area contributed by atoms with Crippen molar-refractivity contribution in [3.05, 3.63) is 47.5 Å². The van der Waals surface area contributed by atoms with Crippen molar-refractivity contribution in [3.63, 3.8) is 0 Å².